The molecule has 27 heavy (non-hydrogen) atoms. The Labute approximate surface area is 167 Å². The van der Waals surface area contributed by atoms with Gasteiger partial charge in [-0.3, -0.25) is 4.79 Å². The molecular weight excluding hydrogens is 380 g/mol. The lowest BCUT2D eigenvalue weighted by Crippen LogP contribution is -2.44. The molecule has 0 spiro atoms. The number of fused-ring (bicyclic) bond motifs is 1. The van der Waals surface area contributed by atoms with Gasteiger partial charge in [0.1, 0.15) is 5.76 Å². The van der Waals surface area contributed by atoms with Crippen LogP contribution in [0, 0.1) is 0 Å². The average Bonchev–Trinajstić information content (AvgIpc) is 3.06. The van der Waals surface area contributed by atoms with Gasteiger partial charge in [0.05, 0.1) is 25.8 Å². The normalized spacial score (nSPS) is 16.0. The van der Waals surface area contributed by atoms with Crippen LogP contribution in [0.5, 0.6) is 0 Å². The van der Waals surface area contributed by atoms with Gasteiger partial charge in [-0.15, -0.1) is 11.3 Å². The molecule has 3 aromatic rings. The van der Waals surface area contributed by atoms with Crippen LogP contribution in [0.15, 0.2) is 54.3 Å². The van der Waals surface area contributed by atoms with E-state index in [0.29, 0.717) is 22.8 Å². The SMILES string of the molecule is CC1=C(c2ccccc2)C(=O)N(C(C)Cc2nc3cccc(Cl)c3s2)CO1. The van der Waals surface area contributed by atoms with Crippen LogP contribution in [0.4, 0.5) is 0 Å². The maximum Gasteiger partial charge on any atom is 0.260 e. The van der Waals surface area contributed by atoms with Gasteiger partial charge in [-0.1, -0.05) is 48.0 Å². The van der Waals surface area contributed by atoms with Crippen molar-refractivity contribution in [1.82, 2.24) is 9.88 Å². The summed E-state index contributed by atoms with van der Waals surface area (Å²) >= 11 is 7.84. The van der Waals surface area contributed by atoms with Crippen LogP contribution in [-0.2, 0) is 16.0 Å². The van der Waals surface area contributed by atoms with Crippen molar-refractivity contribution in [1.29, 1.82) is 0 Å². The second-order valence-electron chi connectivity index (χ2n) is 6.59. The van der Waals surface area contributed by atoms with Gasteiger partial charge >= 0.3 is 0 Å². The molecule has 1 aliphatic rings. The first-order chi connectivity index (χ1) is 13.0. The summed E-state index contributed by atoms with van der Waals surface area (Å²) in [6, 6.07) is 15.4. The lowest BCUT2D eigenvalue weighted by molar-refractivity contribution is -0.134. The Hall–Kier alpha value is -2.37. The van der Waals surface area contributed by atoms with Crippen molar-refractivity contribution in [3.05, 3.63) is 69.9 Å². The average molecular weight is 399 g/mol. The number of hydrogen-bond acceptors (Lipinski definition) is 4. The number of nitrogens with zero attached hydrogens (tertiary/aromatic N) is 2. The fraction of sp³-hybridized carbons (Fsp3) is 0.238. The van der Waals surface area contributed by atoms with Crippen LogP contribution in [0.25, 0.3) is 15.8 Å². The molecule has 1 unspecified atom stereocenters. The number of halogens is 1. The Morgan fingerprint density at radius 3 is 2.74 bits per heavy atom. The Kier molecular flexibility index (Phi) is 4.89. The monoisotopic (exact) mass is 398 g/mol. The Bertz CT molecular complexity index is 1030. The summed E-state index contributed by atoms with van der Waals surface area (Å²) in [5, 5.41) is 1.68. The maximum atomic E-state index is 13.1. The number of carbonyl (C=O) groups is 1. The molecule has 0 bridgehead atoms. The van der Waals surface area contributed by atoms with E-state index in [2.05, 4.69) is 4.98 Å². The Balaban J connectivity index is 1.57. The number of amides is 1. The fourth-order valence-electron chi connectivity index (χ4n) is 3.26. The molecule has 138 valence electrons. The molecule has 0 saturated carbocycles. The highest BCUT2D eigenvalue weighted by Crippen LogP contribution is 2.31. The van der Waals surface area contributed by atoms with Crippen molar-refractivity contribution in [2.75, 3.05) is 6.73 Å². The molecule has 1 amide bonds. The largest absolute Gasteiger partial charge is 0.477 e. The summed E-state index contributed by atoms with van der Waals surface area (Å²) < 4.78 is 6.80. The van der Waals surface area contributed by atoms with Gasteiger partial charge in [-0.25, -0.2) is 4.98 Å². The molecule has 2 aromatic carbocycles. The van der Waals surface area contributed by atoms with Gasteiger partial charge in [-0.2, -0.15) is 0 Å². The number of carbonyl (C=O) groups excluding carboxylic acids is 1. The maximum absolute atomic E-state index is 13.1. The highest BCUT2D eigenvalue weighted by Gasteiger charge is 2.31. The molecular formula is C21H19ClN2O2S. The van der Waals surface area contributed by atoms with Crippen molar-refractivity contribution >= 4 is 44.6 Å². The lowest BCUT2D eigenvalue weighted by atomic mass is 10.0. The van der Waals surface area contributed by atoms with Crippen molar-refractivity contribution in [2.24, 2.45) is 0 Å². The third kappa shape index (κ3) is 3.45. The van der Waals surface area contributed by atoms with Crippen LogP contribution in [0.1, 0.15) is 24.4 Å². The van der Waals surface area contributed by atoms with Gasteiger partial charge in [0.25, 0.3) is 5.91 Å². The van der Waals surface area contributed by atoms with Crippen LogP contribution in [-0.4, -0.2) is 28.6 Å². The van der Waals surface area contributed by atoms with Gasteiger partial charge in [0, 0.05) is 12.5 Å². The third-order valence-electron chi connectivity index (χ3n) is 4.72. The fourth-order valence-corrected chi connectivity index (χ4v) is 4.64. The number of allylic oxidation sites excluding steroid dienone is 1. The highest BCUT2D eigenvalue weighted by atomic mass is 35.5. The summed E-state index contributed by atoms with van der Waals surface area (Å²) in [6.45, 7) is 4.13. The second kappa shape index (κ2) is 7.33. The number of rotatable bonds is 4. The first-order valence-corrected chi connectivity index (χ1v) is 9.98. The zero-order valence-corrected chi connectivity index (χ0v) is 16.7. The predicted molar refractivity (Wildman–Crippen MR) is 110 cm³/mol. The predicted octanol–water partition coefficient (Wildman–Crippen LogP) is 5.13. The van der Waals surface area contributed by atoms with E-state index >= 15 is 0 Å². The molecule has 4 nitrogen and oxygen atoms in total. The molecule has 0 N–H and O–H groups in total. The van der Waals surface area contributed by atoms with Crippen molar-refractivity contribution in [3.63, 3.8) is 0 Å². The number of benzene rings is 2. The molecule has 0 aliphatic carbocycles. The second-order valence-corrected chi connectivity index (χ2v) is 8.09. The standard InChI is InChI=1S/C21H19ClN2O2S/c1-13(11-18-23-17-10-6-9-16(22)20(17)27-18)24-12-26-14(2)19(21(24)25)15-7-4-3-5-8-15/h3-10,13H,11-12H2,1-2H3. The molecule has 0 saturated heterocycles. The Morgan fingerprint density at radius 2 is 2.00 bits per heavy atom. The minimum Gasteiger partial charge on any atom is -0.477 e. The van der Waals surface area contributed by atoms with Crippen molar-refractivity contribution in [2.45, 2.75) is 26.3 Å². The lowest BCUT2D eigenvalue weighted by Gasteiger charge is -2.34. The summed E-state index contributed by atoms with van der Waals surface area (Å²) in [6.07, 6.45) is 0.659. The van der Waals surface area contributed by atoms with E-state index in [4.69, 9.17) is 16.3 Å². The van der Waals surface area contributed by atoms with E-state index < -0.39 is 0 Å². The zero-order valence-electron chi connectivity index (χ0n) is 15.1. The highest BCUT2D eigenvalue weighted by molar-refractivity contribution is 7.19. The first kappa shape index (κ1) is 18.0. The zero-order chi connectivity index (χ0) is 19.0. The van der Waals surface area contributed by atoms with Gasteiger partial charge < -0.3 is 9.64 Å². The molecule has 6 heteroatoms. The summed E-state index contributed by atoms with van der Waals surface area (Å²) in [7, 11) is 0. The summed E-state index contributed by atoms with van der Waals surface area (Å²) in [5.41, 5.74) is 2.40. The van der Waals surface area contributed by atoms with E-state index in [1.165, 1.54) is 0 Å². The van der Waals surface area contributed by atoms with Crippen LogP contribution in [0.3, 0.4) is 0 Å². The Morgan fingerprint density at radius 1 is 1.22 bits per heavy atom. The summed E-state index contributed by atoms with van der Waals surface area (Å²) in [4.78, 5) is 19.6. The van der Waals surface area contributed by atoms with E-state index in [-0.39, 0.29) is 18.7 Å². The van der Waals surface area contributed by atoms with E-state index in [1.54, 1.807) is 16.2 Å². The summed E-state index contributed by atoms with van der Waals surface area (Å²) in [5.74, 6) is 0.665. The molecule has 2 heterocycles. The number of ether oxygens (including phenoxy) is 1. The molecule has 1 aliphatic heterocycles. The minimum absolute atomic E-state index is 0.00315. The quantitative estimate of drug-likeness (QED) is 0.612. The molecule has 1 atom stereocenters. The van der Waals surface area contributed by atoms with Crippen molar-refractivity contribution in [3.8, 4) is 0 Å². The van der Waals surface area contributed by atoms with Gasteiger partial charge in [0.2, 0.25) is 0 Å². The number of aromatic nitrogens is 1. The van der Waals surface area contributed by atoms with Crippen molar-refractivity contribution < 1.29 is 9.53 Å². The van der Waals surface area contributed by atoms with Gasteiger partial charge in [0.15, 0.2) is 6.73 Å². The number of thiazole rings is 1. The van der Waals surface area contributed by atoms with E-state index in [1.807, 2.05) is 62.4 Å². The van der Waals surface area contributed by atoms with Crippen LogP contribution < -0.4 is 0 Å². The van der Waals surface area contributed by atoms with E-state index in [0.717, 1.165) is 20.8 Å². The third-order valence-corrected chi connectivity index (χ3v) is 6.28. The molecule has 4 rings (SSSR count). The molecule has 0 radical (unpaired) electrons. The van der Waals surface area contributed by atoms with Crippen LogP contribution in [0.2, 0.25) is 5.02 Å². The minimum atomic E-state index is -0.0383. The molecule has 1 aromatic heterocycles. The topological polar surface area (TPSA) is 42.4 Å². The number of hydrogen-bond donors (Lipinski definition) is 0. The van der Waals surface area contributed by atoms with E-state index in [9.17, 15) is 4.79 Å². The van der Waals surface area contributed by atoms with Gasteiger partial charge in [-0.05, 0) is 31.5 Å². The van der Waals surface area contributed by atoms with Crippen LogP contribution >= 0.6 is 22.9 Å². The first-order valence-electron chi connectivity index (χ1n) is 8.78. The smallest absolute Gasteiger partial charge is 0.260 e. The molecule has 0 fully saturated rings.